The summed E-state index contributed by atoms with van der Waals surface area (Å²) in [5, 5.41) is 0. The SMILES string of the molecule is CCCCCCCC(=O)OCCOC(=O)N(CC)C1C2CCC(C2)C1c1ccccc1. The van der Waals surface area contributed by atoms with Crippen molar-refractivity contribution in [2.45, 2.75) is 83.6 Å². The van der Waals surface area contributed by atoms with Crippen molar-refractivity contribution in [1.29, 1.82) is 0 Å². The summed E-state index contributed by atoms with van der Waals surface area (Å²) < 4.78 is 10.8. The third-order valence-corrected chi connectivity index (χ3v) is 7.05. The van der Waals surface area contributed by atoms with Gasteiger partial charge in [-0.25, -0.2) is 4.79 Å². The summed E-state index contributed by atoms with van der Waals surface area (Å²) in [6.45, 7) is 5.08. The zero-order valence-corrected chi connectivity index (χ0v) is 19.3. The van der Waals surface area contributed by atoms with Crippen molar-refractivity contribution in [2.24, 2.45) is 11.8 Å². The Morgan fingerprint density at radius 2 is 1.65 bits per heavy atom. The van der Waals surface area contributed by atoms with Crippen molar-refractivity contribution in [3.63, 3.8) is 0 Å². The lowest BCUT2D eigenvalue weighted by atomic mass is 9.79. The molecule has 5 nitrogen and oxygen atoms in total. The molecule has 0 N–H and O–H groups in total. The van der Waals surface area contributed by atoms with Crippen LogP contribution in [0.5, 0.6) is 0 Å². The lowest BCUT2D eigenvalue weighted by molar-refractivity contribution is -0.144. The minimum Gasteiger partial charge on any atom is -0.462 e. The van der Waals surface area contributed by atoms with Crippen molar-refractivity contribution in [1.82, 2.24) is 4.90 Å². The highest BCUT2D eigenvalue weighted by Gasteiger charge is 2.51. The second kappa shape index (κ2) is 12.1. The number of hydrogen-bond acceptors (Lipinski definition) is 4. The van der Waals surface area contributed by atoms with Gasteiger partial charge in [-0.05, 0) is 50.0 Å². The number of ether oxygens (including phenoxy) is 2. The predicted molar refractivity (Wildman–Crippen MR) is 122 cm³/mol. The van der Waals surface area contributed by atoms with Gasteiger partial charge in [-0.3, -0.25) is 4.79 Å². The average Bonchev–Trinajstić information content (AvgIpc) is 3.40. The van der Waals surface area contributed by atoms with Gasteiger partial charge in [0.05, 0.1) is 0 Å². The summed E-state index contributed by atoms with van der Waals surface area (Å²) in [6, 6.07) is 10.8. The topological polar surface area (TPSA) is 55.8 Å². The Morgan fingerprint density at radius 3 is 2.39 bits per heavy atom. The third kappa shape index (κ3) is 6.24. The standard InChI is InChI=1S/C26H39NO4/c1-3-5-6-7-11-14-23(28)30-17-18-31-26(29)27(4-2)25-22-16-15-21(19-22)24(25)20-12-9-8-10-13-20/h8-10,12-13,21-22,24-25H,3-7,11,14-19H2,1-2H3. The average molecular weight is 430 g/mol. The Hall–Kier alpha value is -2.04. The van der Waals surface area contributed by atoms with Crippen LogP contribution in [0.1, 0.15) is 83.1 Å². The number of amides is 1. The van der Waals surface area contributed by atoms with Crippen LogP contribution in [0.25, 0.3) is 0 Å². The second-order valence-electron chi connectivity index (χ2n) is 9.05. The van der Waals surface area contributed by atoms with E-state index in [1.54, 1.807) is 0 Å². The highest BCUT2D eigenvalue weighted by molar-refractivity contribution is 5.69. The summed E-state index contributed by atoms with van der Waals surface area (Å²) in [5.74, 6) is 1.39. The Morgan fingerprint density at radius 1 is 0.935 bits per heavy atom. The molecular weight excluding hydrogens is 390 g/mol. The van der Waals surface area contributed by atoms with Crippen LogP contribution in [0, 0.1) is 11.8 Å². The van der Waals surface area contributed by atoms with E-state index in [1.807, 2.05) is 17.9 Å². The van der Waals surface area contributed by atoms with E-state index in [2.05, 4.69) is 31.2 Å². The number of unbranched alkanes of at least 4 members (excludes halogenated alkanes) is 4. The van der Waals surface area contributed by atoms with Crippen molar-refractivity contribution >= 4 is 12.1 Å². The maximum Gasteiger partial charge on any atom is 0.410 e. The van der Waals surface area contributed by atoms with Crippen molar-refractivity contribution in [3.8, 4) is 0 Å². The van der Waals surface area contributed by atoms with Gasteiger partial charge in [-0.2, -0.15) is 0 Å². The van der Waals surface area contributed by atoms with Crippen LogP contribution < -0.4 is 0 Å². The van der Waals surface area contributed by atoms with E-state index in [0.29, 0.717) is 30.7 Å². The maximum atomic E-state index is 12.9. The highest BCUT2D eigenvalue weighted by Crippen LogP contribution is 2.54. The zero-order valence-electron chi connectivity index (χ0n) is 19.3. The second-order valence-corrected chi connectivity index (χ2v) is 9.05. The first-order valence-electron chi connectivity index (χ1n) is 12.3. The Kier molecular flexibility index (Phi) is 9.23. The fourth-order valence-corrected chi connectivity index (χ4v) is 5.63. The number of carbonyl (C=O) groups is 2. The summed E-state index contributed by atoms with van der Waals surface area (Å²) in [4.78, 5) is 26.6. The first kappa shape index (κ1) is 23.6. The molecule has 5 heteroatoms. The largest absolute Gasteiger partial charge is 0.462 e. The lowest BCUT2D eigenvalue weighted by Crippen LogP contribution is -2.47. The summed E-state index contributed by atoms with van der Waals surface area (Å²) in [7, 11) is 0. The predicted octanol–water partition coefficient (Wildman–Crippen LogP) is 5.93. The molecule has 3 rings (SSSR count). The van der Waals surface area contributed by atoms with Gasteiger partial charge >= 0.3 is 12.1 Å². The van der Waals surface area contributed by atoms with Crippen molar-refractivity contribution < 1.29 is 19.1 Å². The molecule has 0 heterocycles. The quantitative estimate of drug-likeness (QED) is 0.305. The molecule has 2 aliphatic carbocycles. The van der Waals surface area contributed by atoms with Crippen molar-refractivity contribution in [2.75, 3.05) is 19.8 Å². The molecule has 0 aromatic heterocycles. The van der Waals surface area contributed by atoms with Crippen LogP contribution >= 0.6 is 0 Å². The molecule has 2 saturated carbocycles. The van der Waals surface area contributed by atoms with Crippen LogP contribution in [0.15, 0.2) is 30.3 Å². The molecule has 31 heavy (non-hydrogen) atoms. The van der Waals surface area contributed by atoms with Crippen LogP contribution in [-0.4, -0.2) is 42.8 Å². The van der Waals surface area contributed by atoms with Gasteiger partial charge in [0, 0.05) is 24.9 Å². The van der Waals surface area contributed by atoms with Crippen LogP contribution in [-0.2, 0) is 14.3 Å². The molecule has 1 aromatic rings. The fraction of sp³-hybridized carbons (Fsp3) is 0.692. The molecule has 0 saturated heterocycles. The molecule has 4 unspecified atom stereocenters. The number of fused-ring (bicyclic) bond motifs is 2. The minimum absolute atomic E-state index is 0.119. The molecule has 2 bridgehead atoms. The molecular formula is C26H39NO4. The van der Waals surface area contributed by atoms with E-state index >= 15 is 0 Å². The maximum absolute atomic E-state index is 12.9. The number of carbonyl (C=O) groups excluding carboxylic acids is 2. The van der Waals surface area contributed by atoms with Crippen LogP contribution in [0.3, 0.4) is 0 Å². The normalized spacial score (nSPS) is 24.2. The molecule has 2 aliphatic rings. The van der Waals surface area contributed by atoms with Gasteiger partial charge in [-0.1, -0.05) is 62.9 Å². The number of hydrogen-bond donors (Lipinski definition) is 0. The first-order chi connectivity index (χ1) is 15.2. The third-order valence-electron chi connectivity index (χ3n) is 7.05. The minimum atomic E-state index is -0.281. The molecule has 0 aliphatic heterocycles. The van der Waals surface area contributed by atoms with Crippen LogP contribution in [0.2, 0.25) is 0 Å². The molecule has 1 aromatic carbocycles. The Labute approximate surface area is 187 Å². The van der Waals surface area contributed by atoms with E-state index in [-0.39, 0.29) is 31.3 Å². The van der Waals surface area contributed by atoms with Gasteiger partial charge in [0.2, 0.25) is 0 Å². The summed E-state index contributed by atoms with van der Waals surface area (Å²) in [6.07, 6.45) is 9.32. The Balaban J connectivity index is 1.45. The monoisotopic (exact) mass is 429 g/mol. The summed E-state index contributed by atoms with van der Waals surface area (Å²) >= 11 is 0. The van der Waals surface area contributed by atoms with Crippen LogP contribution in [0.4, 0.5) is 4.79 Å². The van der Waals surface area contributed by atoms with E-state index in [1.165, 1.54) is 44.1 Å². The van der Waals surface area contributed by atoms with Gasteiger partial charge in [0.1, 0.15) is 13.2 Å². The number of rotatable bonds is 12. The summed E-state index contributed by atoms with van der Waals surface area (Å²) in [5.41, 5.74) is 1.33. The van der Waals surface area contributed by atoms with E-state index in [4.69, 9.17) is 9.47 Å². The van der Waals surface area contributed by atoms with Gasteiger partial charge in [0.15, 0.2) is 0 Å². The van der Waals surface area contributed by atoms with Gasteiger partial charge in [0.25, 0.3) is 0 Å². The van der Waals surface area contributed by atoms with Crippen molar-refractivity contribution in [3.05, 3.63) is 35.9 Å². The smallest absolute Gasteiger partial charge is 0.410 e. The molecule has 1 amide bonds. The van der Waals surface area contributed by atoms with Gasteiger partial charge in [-0.15, -0.1) is 0 Å². The number of nitrogens with zero attached hydrogens (tertiary/aromatic N) is 1. The zero-order chi connectivity index (χ0) is 22.1. The van der Waals surface area contributed by atoms with Gasteiger partial charge < -0.3 is 14.4 Å². The Bertz CT molecular complexity index is 692. The number of likely N-dealkylation sites (N-methyl/N-ethyl adjacent to an activating group) is 1. The molecule has 4 atom stereocenters. The van der Waals surface area contributed by atoms with E-state index < -0.39 is 0 Å². The van der Waals surface area contributed by atoms with E-state index in [0.717, 1.165) is 12.8 Å². The fourth-order valence-electron chi connectivity index (χ4n) is 5.63. The molecule has 2 fully saturated rings. The lowest BCUT2D eigenvalue weighted by Gasteiger charge is -2.39. The number of esters is 1. The van der Waals surface area contributed by atoms with E-state index in [9.17, 15) is 9.59 Å². The molecule has 0 radical (unpaired) electrons. The highest BCUT2D eigenvalue weighted by atomic mass is 16.6. The molecule has 0 spiro atoms. The molecule has 172 valence electrons. The first-order valence-corrected chi connectivity index (χ1v) is 12.3. The number of benzene rings is 1.